The number of hydrogen-bond donors (Lipinski definition) is 1. The second-order valence-corrected chi connectivity index (χ2v) is 6.17. The maximum absolute atomic E-state index is 13.9. The molecule has 4 heteroatoms. The predicted octanol–water partition coefficient (Wildman–Crippen LogP) is 4.55. The molecule has 3 atom stereocenters. The molecular formula is C16H20ClFO2. The van der Waals surface area contributed by atoms with E-state index in [-0.39, 0.29) is 17.7 Å². The molecule has 0 aromatic heterocycles. The van der Waals surface area contributed by atoms with Gasteiger partial charge in [0.05, 0.1) is 5.92 Å². The molecule has 1 aromatic carbocycles. The average Bonchev–Trinajstić information content (AvgIpc) is 2.41. The van der Waals surface area contributed by atoms with Crippen LogP contribution in [0.4, 0.5) is 4.39 Å². The van der Waals surface area contributed by atoms with E-state index in [4.69, 9.17) is 11.6 Å². The van der Waals surface area contributed by atoms with Crippen molar-refractivity contribution in [1.29, 1.82) is 0 Å². The van der Waals surface area contributed by atoms with Crippen LogP contribution < -0.4 is 0 Å². The maximum atomic E-state index is 13.9. The van der Waals surface area contributed by atoms with Crippen molar-refractivity contribution < 1.29 is 14.3 Å². The summed E-state index contributed by atoms with van der Waals surface area (Å²) in [5, 5.41) is 9.72. The topological polar surface area (TPSA) is 37.3 Å². The number of halogens is 2. The van der Waals surface area contributed by atoms with Gasteiger partial charge in [0.15, 0.2) is 0 Å². The quantitative estimate of drug-likeness (QED) is 0.885. The summed E-state index contributed by atoms with van der Waals surface area (Å²) in [4.78, 5) is 11.4. The van der Waals surface area contributed by atoms with Gasteiger partial charge >= 0.3 is 5.97 Å². The lowest BCUT2D eigenvalue weighted by Gasteiger charge is -2.33. The van der Waals surface area contributed by atoms with E-state index in [1.54, 1.807) is 12.1 Å². The Hall–Kier alpha value is -1.09. The third-order valence-corrected chi connectivity index (χ3v) is 4.72. The van der Waals surface area contributed by atoms with Gasteiger partial charge in [-0.25, -0.2) is 4.39 Å². The lowest BCUT2D eigenvalue weighted by molar-refractivity contribution is -0.145. The van der Waals surface area contributed by atoms with Crippen molar-refractivity contribution >= 4 is 17.6 Å². The van der Waals surface area contributed by atoms with Crippen molar-refractivity contribution in [2.24, 2.45) is 17.8 Å². The van der Waals surface area contributed by atoms with Gasteiger partial charge in [-0.1, -0.05) is 31.0 Å². The monoisotopic (exact) mass is 298 g/mol. The summed E-state index contributed by atoms with van der Waals surface area (Å²) in [6, 6.07) is 4.63. The zero-order valence-corrected chi connectivity index (χ0v) is 12.4. The predicted molar refractivity (Wildman–Crippen MR) is 77.4 cm³/mol. The number of hydrogen-bond acceptors (Lipinski definition) is 1. The van der Waals surface area contributed by atoms with E-state index < -0.39 is 5.97 Å². The van der Waals surface area contributed by atoms with Gasteiger partial charge in [0.1, 0.15) is 5.82 Å². The summed E-state index contributed by atoms with van der Waals surface area (Å²) >= 11 is 5.75. The fourth-order valence-electron chi connectivity index (χ4n) is 3.25. The van der Waals surface area contributed by atoms with E-state index in [2.05, 4.69) is 6.92 Å². The van der Waals surface area contributed by atoms with E-state index >= 15 is 0 Å². The molecule has 1 aliphatic rings. The van der Waals surface area contributed by atoms with Crippen molar-refractivity contribution in [2.75, 3.05) is 0 Å². The van der Waals surface area contributed by atoms with Crippen LogP contribution in [0.2, 0.25) is 5.02 Å². The molecule has 0 heterocycles. The molecule has 20 heavy (non-hydrogen) atoms. The largest absolute Gasteiger partial charge is 0.481 e. The van der Waals surface area contributed by atoms with E-state index in [9.17, 15) is 14.3 Å². The van der Waals surface area contributed by atoms with Crippen molar-refractivity contribution in [3.63, 3.8) is 0 Å². The molecular weight excluding hydrogens is 279 g/mol. The highest BCUT2D eigenvalue weighted by Gasteiger charge is 2.34. The van der Waals surface area contributed by atoms with Crippen LogP contribution in [0, 0.1) is 23.6 Å². The fourth-order valence-corrected chi connectivity index (χ4v) is 3.41. The zero-order valence-electron chi connectivity index (χ0n) is 11.6. The van der Waals surface area contributed by atoms with Crippen LogP contribution >= 0.6 is 11.6 Å². The minimum Gasteiger partial charge on any atom is -0.481 e. The van der Waals surface area contributed by atoms with E-state index in [0.717, 1.165) is 19.3 Å². The number of carbonyl (C=O) groups is 1. The number of aliphatic carboxylic acids is 1. The van der Waals surface area contributed by atoms with Crippen molar-refractivity contribution in [2.45, 2.75) is 39.0 Å². The van der Waals surface area contributed by atoms with Crippen LogP contribution in [0.3, 0.4) is 0 Å². The number of benzene rings is 1. The first-order valence-corrected chi connectivity index (χ1v) is 7.55. The maximum Gasteiger partial charge on any atom is 0.306 e. The molecule has 1 N–H and O–H groups in total. The third-order valence-electron chi connectivity index (χ3n) is 4.48. The highest BCUT2D eigenvalue weighted by Crippen LogP contribution is 2.38. The summed E-state index contributed by atoms with van der Waals surface area (Å²) in [5.41, 5.74) is 0.572. The summed E-state index contributed by atoms with van der Waals surface area (Å²) in [5.74, 6) is -0.861. The Labute approximate surface area is 123 Å². The fraction of sp³-hybridized carbons (Fsp3) is 0.562. The molecule has 0 amide bonds. The minimum atomic E-state index is -0.751. The second-order valence-electron chi connectivity index (χ2n) is 5.73. The first kappa shape index (κ1) is 15.3. The third kappa shape index (κ3) is 3.51. The minimum absolute atomic E-state index is 0.0156. The smallest absolute Gasteiger partial charge is 0.306 e. The number of carboxylic acid groups (broad SMARTS) is 1. The molecule has 2 nitrogen and oxygen atoms in total. The summed E-state index contributed by atoms with van der Waals surface area (Å²) in [6.07, 6.45) is 4.08. The SMILES string of the molecule is CCC1CCC(C(=O)O)C(Cc2ccc(Cl)cc2F)C1. The molecule has 0 spiro atoms. The molecule has 1 saturated carbocycles. The molecule has 1 fully saturated rings. The second kappa shape index (κ2) is 6.57. The van der Waals surface area contributed by atoms with Crippen molar-refractivity contribution in [3.05, 3.63) is 34.6 Å². The van der Waals surface area contributed by atoms with Crippen LogP contribution in [0.15, 0.2) is 18.2 Å². The van der Waals surface area contributed by atoms with E-state index in [1.807, 2.05) is 0 Å². The van der Waals surface area contributed by atoms with Crippen LogP contribution in [0.5, 0.6) is 0 Å². The van der Waals surface area contributed by atoms with Gasteiger partial charge in [-0.3, -0.25) is 4.79 Å². The molecule has 110 valence electrons. The van der Waals surface area contributed by atoms with Gasteiger partial charge < -0.3 is 5.11 Å². The first-order chi connectivity index (χ1) is 9.51. The Kier molecular flexibility index (Phi) is 5.03. The van der Waals surface area contributed by atoms with Crippen molar-refractivity contribution in [1.82, 2.24) is 0 Å². The van der Waals surface area contributed by atoms with Crippen LogP contribution in [-0.4, -0.2) is 11.1 Å². The van der Waals surface area contributed by atoms with Gasteiger partial charge in [0.25, 0.3) is 0 Å². The molecule has 1 aromatic rings. The van der Waals surface area contributed by atoms with Gasteiger partial charge in [-0.15, -0.1) is 0 Å². The summed E-state index contributed by atoms with van der Waals surface area (Å²) < 4.78 is 13.9. The Bertz CT molecular complexity index is 489. The molecule has 0 aliphatic heterocycles. The van der Waals surface area contributed by atoms with Crippen molar-refractivity contribution in [3.8, 4) is 0 Å². The zero-order chi connectivity index (χ0) is 14.7. The molecule has 0 bridgehead atoms. The van der Waals surface area contributed by atoms with Gasteiger partial charge in [-0.2, -0.15) is 0 Å². The lowest BCUT2D eigenvalue weighted by Crippen LogP contribution is -2.32. The number of rotatable bonds is 4. The number of carboxylic acids is 1. The highest BCUT2D eigenvalue weighted by atomic mass is 35.5. The van der Waals surface area contributed by atoms with Gasteiger partial charge in [0, 0.05) is 5.02 Å². The van der Waals surface area contributed by atoms with Crippen LogP contribution in [0.25, 0.3) is 0 Å². The molecule has 2 rings (SSSR count). The highest BCUT2D eigenvalue weighted by molar-refractivity contribution is 6.30. The Morgan fingerprint density at radius 1 is 1.45 bits per heavy atom. The van der Waals surface area contributed by atoms with Gasteiger partial charge in [0.2, 0.25) is 0 Å². The van der Waals surface area contributed by atoms with E-state index in [0.29, 0.717) is 29.3 Å². The average molecular weight is 299 g/mol. The normalized spacial score (nSPS) is 26.4. The lowest BCUT2D eigenvalue weighted by atomic mass is 9.71. The molecule has 0 saturated heterocycles. The Morgan fingerprint density at radius 3 is 2.80 bits per heavy atom. The summed E-state index contributed by atoms with van der Waals surface area (Å²) in [7, 11) is 0. The molecule has 1 aliphatic carbocycles. The Balaban J connectivity index is 2.16. The van der Waals surface area contributed by atoms with E-state index in [1.165, 1.54) is 6.07 Å². The van der Waals surface area contributed by atoms with Crippen LogP contribution in [0.1, 0.15) is 38.2 Å². The first-order valence-electron chi connectivity index (χ1n) is 7.18. The van der Waals surface area contributed by atoms with Gasteiger partial charge in [-0.05, 0) is 55.2 Å². The standard InChI is InChI=1S/C16H20ClFO2/c1-2-10-3-6-14(16(19)20)12(7-10)8-11-4-5-13(17)9-15(11)18/h4-5,9-10,12,14H,2-3,6-8H2,1H3,(H,19,20). The molecule has 3 unspecified atom stereocenters. The summed E-state index contributed by atoms with van der Waals surface area (Å²) in [6.45, 7) is 2.13. The molecule has 0 radical (unpaired) electrons. The Morgan fingerprint density at radius 2 is 2.20 bits per heavy atom. The van der Waals surface area contributed by atoms with Crippen LogP contribution in [-0.2, 0) is 11.2 Å².